The monoisotopic (exact) mass is 213 g/mol. The quantitative estimate of drug-likeness (QED) is 0.738. The number of hydrogen-bond acceptors (Lipinski definition) is 3. The van der Waals surface area contributed by atoms with E-state index in [2.05, 4.69) is 13.8 Å². The Morgan fingerprint density at radius 3 is 2.64 bits per heavy atom. The van der Waals surface area contributed by atoms with Gasteiger partial charge in [-0.3, -0.25) is 0 Å². The molecule has 2 nitrogen and oxygen atoms in total. The highest BCUT2D eigenvalue weighted by Crippen LogP contribution is 2.17. The van der Waals surface area contributed by atoms with Gasteiger partial charge in [-0.25, -0.2) is 0 Å². The highest BCUT2D eigenvalue weighted by Gasteiger charge is 2.01. The summed E-state index contributed by atoms with van der Waals surface area (Å²) in [7, 11) is 0. The Morgan fingerprint density at radius 2 is 2.07 bits per heavy atom. The molecule has 80 valence electrons. The molecule has 1 heterocycles. The molecule has 0 bridgehead atoms. The molecule has 14 heavy (non-hydrogen) atoms. The highest BCUT2D eigenvalue weighted by molar-refractivity contribution is 7.98. The van der Waals surface area contributed by atoms with Crippen LogP contribution in [0.3, 0.4) is 0 Å². The Morgan fingerprint density at radius 1 is 1.36 bits per heavy atom. The lowest BCUT2D eigenvalue weighted by Gasteiger charge is -2.02. The topological polar surface area (TPSA) is 39.2 Å². The first-order valence-corrected chi connectivity index (χ1v) is 6.23. The Labute approximate surface area is 90.2 Å². The van der Waals surface area contributed by atoms with E-state index in [4.69, 9.17) is 10.2 Å². The largest absolute Gasteiger partial charge is 0.464 e. The van der Waals surface area contributed by atoms with Crippen molar-refractivity contribution in [2.45, 2.75) is 32.6 Å². The summed E-state index contributed by atoms with van der Waals surface area (Å²) in [5, 5.41) is 0. The molecule has 1 aromatic rings. The van der Waals surface area contributed by atoms with Gasteiger partial charge in [0.15, 0.2) is 0 Å². The van der Waals surface area contributed by atoms with E-state index in [9.17, 15) is 0 Å². The van der Waals surface area contributed by atoms with Gasteiger partial charge in [0.1, 0.15) is 11.5 Å². The number of nitrogens with two attached hydrogens (primary N) is 1. The van der Waals surface area contributed by atoms with Gasteiger partial charge in [0.2, 0.25) is 0 Å². The Bertz CT molecular complexity index is 258. The molecule has 0 unspecified atom stereocenters. The van der Waals surface area contributed by atoms with E-state index in [1.165, 1.54) is 12.2 Å². The number of furan rings is 1. The number of thioether (sulfide) groups is 1. The summed E-state index contributed by atoms with van der Waals surface area (Å²) in [4.78, 5) is 0. The fourth-order valence-electron chi connectivity index (χ4n) is 1.10. The zero-order valence-electron chi connectivity index (χ0n) is 8.95. The van der Waals surface area contributed by atoms with Gasteiger partial charge in [-0.05, 0) is 30.2 Å². The molecule has 0 aliphatic heterocycles. The summed E-state index contributed by atoms with van der Waals surface area (Å²) >= 11 is 1.92. The SMILES string of the molecule is CC(C)CCSCc1ccc(CN)o1. The van der Waals surface area contributed by atoms with Crippen LogP contribution in [0.15, 0.2) is 16.5 Å². The van der Waals surface area contributed by atoms with Crippen molar-refractivity contribution in [2.24, 2.45) is 11.7 Å². The molecule has 1 rings (SSSR count). The van der Waals surface area contributed by atoms with E-state index in [-0.39, 0.29) is 0 Å². The van der Waals surface area contributed by atoms with E-state index in [1.54, 1.807) is 0 Å². The van der Waals surface area contributed by atoms with Crippen LogP contribution in [0.1, 0.15) is 31.8 Å². The van der Waals surface area contributed by atoms with Crippen molar-refractivity contribution in [3.8, 4) is 0 Å². The van der Waals surface area contributed by atoms with Gasteiger partial charge in [0, 0.05) is 0 Å². The van der Waals surface area contributed by atoms with E-state index < -0.39 is 0 Å². The van der Waals surface area contributed by atoms with Gasteiger partial charge in [-0.2, -0.15) is 11.8 Å². The van der Waals surface area contributed by atoms with Crippen molar-refractivity contribution in [3.05, 3.63) is 23.7 Å². The minimum atomic E-state index is 0.497. The zero-order valence-corrected chi connectivity index (χ0v) is 9.77. The fraction of sp³-hybridized carbons (Fsp3) is 0.636. The molecular weight excluding hydrogens is 194 g/mol. The van der Waals surface area contributed by atoms with Crippen LogP contribution in [0, 0.1) is 5.92 Å². The first-order chi connectivity index (χ1) is 6.72. The highest BCUT2D eigenvalue weighted by atomic mass is 32.2. The summed E-state index contributed by atoms with van der Waals surface area (Å²) in [6.07, 6.45) is 1.27. The number of hydrogen-bond donors (Lipinski definition) is 1. The molecule has 0 spiro atoms. The summed E-state index contributed by atoms with van der Waals surface area (Å²) in [5.41, 5.74) is 5.46. The molecule has 0 aliphatic rings. The van der Waals surface area contributed by atoms with E-state index in [1.807, 2.05) is 23.9 Å². The molecule has 0 aliphatic carbocycles. The van der Waals surface area contributed by atoms with Crippen LogP contribution >= 0.6 is 11.8 Å². The third-order valence-corrected chi connectivity index (χ3v) is 3.02. The van der Waals surface area contributed by atoms with Crippen molar-refractivity contribution >= 4 is 11.8 Å². The van der Waals surface area contributed by atoms with Crippen molar-refractivity contribution in [3.63, 3.8) is 0 Å². The first-order valence-electron chi connectivity index (χ1n) is 5.07. The Kier molecular flexibility index (Phi) is 5.12. The minimum absolute atomic E-state index is 0.497. The van der Waals surface area contributed by atoms with Gasteiger partial charge < -0.3 is 10.2 Å². The van der Waals surface area contributed by atoms with E-state index in [0.29, 0.717) is 6.54 Å². The second kappa shape index (κ2) is 6.14. The Hall–Kier alpha value is -0.410. The summed E-state index contributed by atoms with van der Waals surface area (Å²) in [6.45, 7) is 5.00. The molecule has 0 fully saturated rings. The maximum atomic E-state index is 5.49. The second-order valence-electron chi connectivity index (χ2n) is 3.81. The lowest BCUT2D eigenvalue weighted by Crippen LogP contribution is -1.93. The molecule has 0 saturated carbocycles. The van der Waals surface area contributed by atoms with Gasteiger partial charge in [0.25, 0.3) is 0 Å². The molecule has 0 aromatic carbocycles. The third-order valence-electron chi connectivity index (χ3n) is 2.00. The zero-order chi connectivity index (χ0) is 10.4. The predicted molar refractivity (Wildman–Crippen MR) is 62.2 cm³/mol. The Balaban J connectivity index is 2.18. The van der Waals surface area contributed by atoms with Gasteiger partial charge in [0.05, 0.1) is 12.3 Å². The minimum Gasteiger partial charge on any atom is -0.464 e. The molecule has 1 aromatic heterocycles. The smallest absolute Gasteiger partial charge is 0.117 e. The predicted octanol–water partition coefficient (Wildman–Crippen LogP) is 3.02. The van der Waals surface area contributed by atoms with Gasteiger partial charge >= 0.3 is 0 Å². The van der Waals surface area contributed by atoms with Crippen LogP contribution in [0.5, 0.6) is 0 Å². The lowest BCUT2D eigenvalue weighted by atomic mass is 10.2. The third kappa shape index (κ3) is 4.20. The van der Waals surface area contributed by atoms with Crippen LogP contribution in [0.2, 0.25) is 0 Å². The fourth-order valence-corrected chi connectivity index (χ4v) is 2.24. The van der Waals surface area contributed by atoms with Gasteiger partial charge in [-0.1, -0.05) is 13.8 Å². The average Bonchev–Trinajstić information content (AvgIpc) is 2.60. The van der Waals surface area contributed by atoms with Gasteiger partial charge in [-0.15, -0.1) is 0 Å². The molecule has 0 radical (unpaired) electrons. The van der Waals surface area contributed by atoms with Crippen molar-refractivity contribution in [1.82, 2.24) is 0 Å². The van der Waals surface area contributed by atoms with Crippen molar-refractivity contribution in [1.29, 1.82) is 0 Å². The molecule has 2 N–H and O–H groups in total. The maximum Gasteiger partial charge on any atom is 0.117 e. The molecule has 3 heteroatoms. The number of rotatable bonds is 6. The maximum absolute atomic E-state index is 5.49. The second-order valence-corrected chi connectivity index (χ2v) is 4.91. The van der Waals surface area contributed by atoms with E-state index in [0.717, 1.165) is 23.2 Å². The van der Waals surface area contributed by atoms with Crippen molar-refractivity contribution in [2.75, 3.05) is 5.75 Å². The van der Waals surface area contributed by atoms with Crippen LogP contribution in [-0.2, 0) is 12.3 Å². The lowest BCUT2D eigenvalue weighted by molar-refractivity contribution is 0.482. The molecule has 0 amide bonds. The standard InChI is InChI=1S/C11H19NOS/c1-9(2)5-6-14-8-11-4-3-10(7-12)13-11/h3-4,9H,5-8,12H2,1-2H3. The summed E-state index contributed by atoms with van der Waals surface area (Å²) < 4.78 is 5.49. The van der Waals surface area contributed by atoms with Crippen LogP contribution in [-0.4, -0.2) is 5.75 Å². The van der Waals surface area contributed by atoms with Crippen molar-refractivity contribution < 1.29 is 4.42 Å². The average molecular weight is 213 g/mol. The normalized spacial score (nSPS) is 11.1. The summed E-state index contributed by atoms with van der Waals surface area (Å²) in [5.74, 6) is 4.88. The van der Waals surface area contributed by atoms with Crippen LogP contribution in [0.25, 0.3) is 0 Å². The first kappa shape index (κ1) is 11.7. The summed E-state index contributed by atoms with van der Waals surface area (Å²) in [6, 6.07) is 3.98. The molecular formula is C11H19NOS. The van der Waals surface area contributed by atoms with E-state index >= 15 is 0 Å². The van der Waals surface area contributed by atoms with Crippen LogP contribution < -0.4 is 5.73 Å². The molecule has 0 saturated heterocycles. The van der Waals surface area contributed by atoms with Crippen LogP contribution in [0.4, 0.5) is 0 Å². The molecule has 0 atom stereocenters.